The van der Waals surface area contributed by atoms with Crippen molar-refractivity contribution in [2.24, 2.45) is 0 Å². The number of carbonyl (C=O) groups is 2. The van der Waals surface area contributed by atoms with Gasteiger partial charge < -0.3 is 20.0 Å². The van der Waals surface area contributed by atoms with E-state index < -0.39 is 11.7 Å². The van der Waals surface area contributed by atoms with Gasteiger partial charge in [-0.1, -0.05) is 24.3 Å². The van der Waals surface area contributed by atoms with E-state index in [1.165, 1.54) is 25.0 Å². The zero-order valence-electron chi connectivity index (χ0n) is 18.1. The Bertz CT molecular complexity index is 1240. The van der Waals surface area contributed by atoms with E-state index >= 15 is 0 Å². The van der Waals surface area contributed by atoms with E-state index in [1.807, 2.05) is 24.3 Å². The van der Waals surface area contributed by atoms with Crippen LogP contribution in [0.25, 0.3) is 23.0 Å². The minimum absolute atomic E-state index is 0.00769. The zero-order valence-corrected chi connectivity index (χ0v) is 18.1. The van der Waals surface area contributed by atoms with Gasteiger partial charge in [0.05, 0.1) is 11.1 Å². The van der Waals surface area contributed by atoms with Crippen molar-refractivity contribution in [1.82, 2.24) is 10.2 Å². The number of nitrogens with zero attached hydrogens (tertiary/aromatic N) is 1. The van der Waals surface area contributed by atoms with Crippen LogP contribution in [0.15, 0.2) is 59.0 Å². The van der Waals surface area contributed by atoms with Gasteiger partial charge in [-0.2, -0.15) is 0 Å². The summed E-state index contributed by atoms with van der Waals surface area (Å²) in [6, 6.07) is 15.3. The van der Waals surface area contributed by atoms with Crippen LogP contribution in [0.5, 0.6) is 0 Å². The molecule has 33 heavy (non-hydrogen) atoms. The summed E-state index contributed by atoms with van der Waals surface area (Å²) in [5.74, 6) is -0.287. The molecule has 5 rings (SSSR count). The standard InChI is InChI=1S/C26H24FN3O3/c27-22-15-17(7-9-20(22)25(31)28-11-14-30-12-3-4-13-30)24-10-8-18(33-24)16-21-19-5-1-2-6-23(19)29-26(21)32/h1-2,5-10,15-16H,3-4,11-14H2,(H,28,31)(H,29,32). The minimum atomic E-state index is -0.605. The van der Waals surface area contributed by atoms with Gasteiger partial charge in [0.2, 0.25) is 0 Å². The summed E-state index contributed by atoms with van der Waals surface area (Å²) in [5, 5.41) is 5.61. The van der Waals surface area contributed by atoms with Crippen LogP contribution in [0.1, 0.15) is 34.5 Å². The van der Waals surface area contributed by atoms with Gasteiger partial charge in [-0.3, -0.25) is 9.59 Å². The predicted octanol–water partition coefficient (Wildman–Crippen LogP) is 4.40. The number of amides is 2. The number of carbonyl (C=O) groups excluding carboxylic acids is 2. The summed E-state index contributed by atoms with van der Waals surface area (Å²) in [6.07, 6.45) is 4.05. The Hall–Kier alpha value is -3.71. The molecule has 1 saturated heterocycles. The molecule has 6 nitrogen and oxygen atoms in total. The van der Waals surface area contributed by atoms with Gasteiger partial charge in [-0.05, 0) is 62.3 Å². The molecule has 0 radical (unpaired) electrons. The molecule has 0 spiro atoms. The average Bonchev–Trinajstić information content (AvgIpc) is 3.55. The molecule has 168 valence electrons. The van der Waals surface area contributed by atoms with Gasteiger partial charge >= 0.3 is 0 Å². The second-order valence-electron chi connectivity index (χ2n) is 8.26. The molecule has 1 aromatic heterocycles. The number of furan rings is 1. The lowest BCUT2D eigenvalue weighted by Crippen LogP contribution is -2.33. The van der Waals surface area contributed by atoms with Gasteiger partial charge in [-0.15, -0.1) is 0 Å². The van der Waals surface area contributed by atoms with Crippen LogP contribution in [0.2, 0.25) is 0 Å². The molecular weight excluding hydrogens is 421 g/mol. The van der Waals surface area contributed by atoms with Gasteiger partial charge in [0.1, 0.15) is 17.3 Å². The van der Waals surface area contributed by atoms with Gasteiger partial charge in [0.15, 0.2) is 0 Å². The van der Waals surface area contributed by atoms with Crippen LogP contribution in [0, 0.1) is 5.82 Å². The van der Waals surface area contributed by atoms with Crippen molar-refractivity contribution in [2.75, 3.05) is 31.5 Å². The Kier molecular flexibility index (Phi) is 5.79. The zero-order chi connectivity index (χ0) is 22.8. The third kappa shape index (κ3) is 4.45. The molecule has 3 aromatic rings. The first-order valence-corrected chi connectivity index (χ1v) is 11.1. The lowest BCUT2D eigenvalue weighted by Gasteiger charge is -2.14. The predicted molar refractivity (Wildman–Crippen MR) is 125 cm³/mol. The summed E-state index contributed by atoms with van der Waals surface area (Å²) in [4.78, 5) is 27.0. The highest BCUT2D eigenvalue weighted by Crippen LogP contribution is 2.33. The maximum absolute atomic E-state index is 14.7. The van der Waals surface area contributed by atoms with Crippen molar-refractivity contribution >= 4 is 29.2 Å². The summed E-state index contributed by atoms with van der Waals surface area (Å²) in [5.41, 5.74) is 2.61. The number of anilines is 1. The van der Waals surface area contributed by atoms with Crippen LogP contribution in [-0.2, 0) is 4.79 Å². The number of rotatable bonds is 6. The second-order valence-corrected chi connectivity index (χ2v) is 8.26. The van der Waals surface area contributed by atoms with Crippen molar-refractivity contribution in [3.05, 3.63) is 77.3 Å². The second kappa shape index (κ2) is 9.03. The fourth-order valence-corrected chi connectivity index (χ4v) is 4.29. The average molecular weight is 445 g/mol. The molecule has 2 aromatic carbocycles. The third-order valence-corrected chi connectivity index (χ3v) is 6.03. The molecule has 0 unspecified atom stereocenters. The van der Waals surface area contributed by atoms with Crippen molar-refractivity contribution in [3.63, 3.8) is 0 Å². The molecule has 2 aliphatic rings. The molecule has 2 aliphatic heterocycles. The number of benzene rings is 2. The first kappa shape index (κ1) is 21.2. The van der Waals surface area contributed by atoms with Crippen LogP contribution in [0.3, 0.4) is 0 Å². The van der Waals surface area contributed by atoms with E-state index in [2.05, 4.69) is 15.5 Å². The minimum Gasteiger partial charge on any atom is -0.457 e. The van der Waals surface area contributed by atoms with Crippen molar-refractivity contribution < 1.29 is 18.4 Å². The summed E-state index contributed by atoms with van der Waals surface area (Å²) < 4.78 is 20.5. The Morgan fingerprint density at radius 1 is 1.12 bits per heavy atom. The molecule has 1 fully saturated rings. The normalized spacial score (nSPS) is 16.8. The first-order chi connectivity index (χ1) is 16.1. The lowest BCUT2D eigenvalue weighted by molar-refractivity contribution is -0.110. The fraction of sp³-hybridized carbons (Fsp3) is 0.231. The quantitative estimate of drug-likeness (QED) is 0.552. The number of fused-ring (bicyclic) bond motifs is 1. The molecule has 0 aliphatic carbocycles. The van der Waals surface area contributed by atoms with Gasteiger partial charge in [0, 0.05) is 29.9 Å². The first-order valence-electron chi connectivity index (χ1n) is 11.1. The Balaban J connectivity index is 1.28. The lowest BCUT2D eigenvalue weighted by atomic mass is 10.1. The molecule has 7 heteroatoms. The van der Waals surface area contributed by atoms with Gasteiger partial charge in [0.25, 0.3) is 11.8 Å². The number of likely N-dealkylation sites (tertiary alicyclic amines) is 1. The van der Waals surface area contributed by atoms with Crippen LogP contribution < -0.4 is 10.6 Å². The molecule has 2 amide bonds. The van der Waals surface area contributed by atoms with Gasteiger partial charge in [-0.25, -0.2) is 4.39 Å². The van der Waals surface area contributed by atoms with Crippen LogP contribution in [-0.4, -0.2) is 42.9 Å². The summed E-state index contributed by atoms with van der Waals surface area (Å²) in [6.45, 7) is 3.38. The Morgan fingerprint density at radius 2 is 1.94 bits per heavy atom. The maximum Gasteiger partial charge on any atom is 0.256 e. The molecule has 0 saturated carbocycles. The maximum atomic E-state index is 14.7. The van der Waals surface area contributed by atoms with E-state index in [0.29, 0.717) is 29.2 Å². The van der Waals surface area contributed by atoms with Crippen molar-refractivity contribution in [3.8, 4) is 11.3 Å². The molecule has 3 heterocycles. The molecule has 2 N–H and O–H groups in total. The van der Waals surface area contributed by atoms with E-state index in [-0.39, 0.29) is 11.5 Å². The Labute approximate surface area is 191 Å². The Morgan fingerprint density at radius 3 is 2.76 bits per heavy atom. The van der Waals surface area contributed by atoms with E-state index in [9.17, 15) is 14.0 Å². The molecular formula is C26H24FN3O3. The van der Waals surface area contributed by atoms with E-state index in [4.69, 9.17) is 4.42 Å². The smallest absolute Gasteiger partial charge is 0.256 e. The monoisotopic (exact) mass is 445 g/mol. The highest BCUT2D eigenvalue weighted by atomic mass is 19.1. The molecule has 0 atom stereocenters. The number of halogens is 1. The van der Waals surface area contributed by atoms with Crippen molar-refractivity contribution in [2.45, 2.75) is 12.8 Å². The summed E-state index contributed by atoms with van der Waals surface area (Å²) >= 11 is 0. The number of hydrogen-bond donors (Lipinski definition) is 2. The van der Waals surface area contributed by atoms with Crippen LogP contribution >= 0.6 is 0 Å². The highest BCUT2D eigenvalue weighted by molar-refractivity contribution is 6.34. The van der Waals surface area contributed by atoms with E-state index in [0.717, 1.165) is 30.9 Å². The largest absolute Gasteiger partial charge is 0.457 e. The topological polar surface area (TPSA) is 74.6 Å². The number of nitrogens with one attached hydrogen (secondary N) is 2. The number of hydrogen-bond acceptors (Lipinski definition) is 4. The van der Waals surface area contributed by atoms with Crippen LogP contribution in [0.4, 0.5) is 10.1 Å². The third-order valence-electron chi connectivity index (χ3n) is 6.03. The summed E-state index contributed by atoms with van der Waals surface area (Å²) in [7, 11) is 0. The SMILES string of the molecule is O=C1Nc2ccccc2C1=Cc1ccc(-c2ccc(C(=O)NCCN3CCCC3)c(F)c2)o1. The molecule has 0 bridgehead atoms. The fourth-order valence-electron chi connectivity index (χ4n) is 4.29. The highest BCUT2D eigenvalue weighted by Gasteiger charge is 2.24. The van der Waals surface area contributed by atoms with E-state index in [1.54, 1.807) is 24.3 Å². The number of para-hydroxylation sites is 1. The van der Waals surface area contributed by atoms with Crippen molar-refractivity contribution in [1.29, 1.82) is 0 Å².